The maximum Gasteiger partial charge on any atom is 0.410 e. The van der Waals surface area contributed by atoms with Gasteiger partial charge >= 0.3 is 12.1 Å². The first kappa shape index (κ1) is 24.0. The third-order valence-electron chi connectivity index (χ3n) is 5.67. The Morgan fingerprint density at radius 3 is 2.61 bits per heavy atom. The maximum atomic E-state index is 12.5. The summed E-state index contributed by atoms with van der Waals surface area (Å²) in [5, 5.41) is 14.1. The second kappa shape index (κ2) is 10.7. The van der Waals surface area contributed by atoms with Crippen molar-refractivity contribution in [3.8, 4) is 0 Å². The molecule has 12 nitrogen and oxygen atoms in total. The normalized spacial score (nSPS) is 20.4. The number of carboxylic acids is 1. The van der Waals surface area contributed by atoms with Gasteiger partial charge in [0.15, 0.2) is 0 Å². The largest absolute Gasteiger partial charge is 0.480 e. The number of hydrogen-bond acceptors (Lipinski definition) is 7. The molecule has 1 aromatic rings. The van der Waals surface area contributed by atoms with Crippen LogP contribution in [0, 0.1) is 0 Å². The lowest BCUT2D eigenvalue weighted by Gasteiger charge is -2.39. The molecular formula is C21H27N5O7. The molecule has 2 aliphatic heterocycles. The number of aliphatic carboxylic acids is 1. The topological polar surface area (TPSA) is 158 Å². The summed E-state index contributed by atoms with van der Waals surface area (Å²) in [5.41, 5.74) is 0.718. The fourth-order valence-corrected chi connectivity index (χ4v) is 3.70. The Hall–Kier alpha value is -3.70. The van der Waals surface area contributed by atoms with E-state index in [-0.39, 0.29) is 13.2 Å². The molecule has 2 aliphatic rings. The lowest BCUT2D eigenvalue weighted by Crippen LogP contribution is -2.60. The van der Waals surface area contributed by atoms with Crippen LogP contribution in [0.25, 0.3) is 0 Å². The summed E-state index contributed by atoms with van der Waals surface area (Å²) >= 11 is 0. The van der Waals surface area contributed by atoms with E-state index in [0.717, 1.165) is 5.56 Å². The Balaban J connectivity index is 1.41. The highest BCUT2D eigenvalue weighted by molar-refractivity contribution is 5.93. The van der Waals surface area contributed by atoms with Gasteiger partial charge in [0.25, 0.3) is 0 Å². The number of pyridine rings is 1. The van der Waals surface area contributed by atoms with Gasteiger partial charge in [-0.1, -0.05) is 6.07 Å². The molecule has 0 unspecified atom stereocenters. The number of likely N-dealkylation sites (tertiary alicyclic amines) is 2. The second-order valence-electron chi connectivity index (χ2n) is 7.95. The number of aromatic nitrogens is 1. The number of carboxylic acid groups (broad SMARTS) is 1. The molecule has 0 bridgehead atoms. The van der Waals surface area contributed by atoms with Gasteiger partial charge in [0.1, 0.15) is 24.7 Å². The van der Waals surface area contributed by atoms with Gasteiger partial charge in [0.2, 0.25) is 17.7 Å². The lowest BCUT2D eigenvalue weighted by atomic mass is 10.0. The van der Waals surface area contributed by atoms with Crippen LogP contribution in [0.4, 0.5) is 4.79 Å². The van der Waals surface area contributed by atoms with E-state index in [9.17, 15) is 24.0 Å². The van der Waals surface area contributed by atoms with Crippen LogP contribution in [0.2, 0.25) is 0 Å². The molecule has 2 saturated heterocycles. The summed E-state index contributed by atoms with van der Waals surface area (Å²) in [6.07, 6.45) is 3.95. The van der Waals surface area contributed by atoms with E-state index in [1.807, 2.05) is 0 Å². The molecule has 3 heterocycles. The summed E-state index contributed by atoms with van der Waals surface area (Å²) in [4.78, 5) is 66.9. The fourth-order valence-electron chi connectivity index (χ4n) is 3.70. The minimum atomic E-state index is -1.07. The van der Waals surface area contributed by atoms with Crippen LogP contribution >= 0.6 is 0 Å². The van der Waals surface area contributed by atoms with E-state index in [0.29, 0.717) is 32.4 Å². The average molecular weight is 461 g/mol. The van der Waals surface area contributed by atoms with Gasteiger partial charge in [-0.2, -0.15) is 0 Å². The zero-order valence-corrected chi connectivity index (χ0v) is 18.2. The van der Waals surface area contributed by atoms with Crippen LogP contribution in [0.5, 0.6) is 0 Å². The van der Waals surface area contributed by atoms with E-state index in [1.165, 1.54) is 16.7 Å². The Kier molecular flexibility index (Phi) is 7.80. The smallest absolute Gasteiger partial charge is 0.410 e. The van der Waals surface area contributed by atoms with Crippen molar-refractivity contribution in [3.05, 3.63) is 30.1 Å². The molecule has 0 spiro atoms. The lowest BCUT2D eigenvalue weighted by molar-refractivity contribution is -0.148. The summed E-state index contributed by atoms with van der Waals surface area (Å²) in [6.45, 7) is 1.81. The van der Waals surface area contributed by atoms with Crippen molar-refractivity contribution in [2.45, 2.75) is 50.9 Å². The fraction of sp³-hybridized carbons (Fsp3) is 0.524. The van der Waals surface area contributed by atoms with Gasteiger partial charge in [-0.15, -0.1) is 0 Å². The number of hydrogen-bond donors (Lipinski definition) is 3. The molecule has 0 radical (unpaired) electrons. The molecule has 33 heavy (non-hydrogen) atoms. The van der Waals surface area contributed by atoms with Crippen LogP contribution in [-0.2, 0) is 30.5 Å². The van der Waals surface area contributed by atoms with Crippen molar-refractivity contribution in [2.75, 3.05) is 19.6 Å². The highest BCUT2D eigenvalue weighted by atomic mass is 16.6. The minimum Gasteiger partial charge on any atom is -0.480 e. The number of ether oxygens (including phenoxy) is 1. The third kappa shape index (κ3) is 5.96. The summed E-state index contributed by atoms with van der Waals surface area (Å²) in [7, 11) is 0. The monoisotopic (exact) mass is 461 g/mol. The Labute approximate surface area is 190 Å². The minimum absolute atomic E-state index is 0.0318. The van der Waals surface area contributed by atoms with Crippen molar-refractivity contribution in [2.24, 2.45) is 0 Å². The Bertz CT molecular complexity index is 910. The van der Waals surface area contributed by atoms with E-state index >= 15 is 0 Å². The predicted octanol–water partition coefficient (Wildman–Crippen LogP) is -0.511. The van der Waals surface area contributed by atoms with E-state index in [4.69, 9.17) is 9.84 Å². The molecule has 2 fully saturated rings. The molecule has 4 amide bonds. The number of carbonyl (C=O) groups excluding carboxylic acids is 4. The van der Waals surface area contributed by atoms with Crippen molar-refractivity contribution < 1.29 is 33.8 Å². The van der Waals surface area contributed by atoms with Gasteiger partial charge in [0.05, 0.1) is 6.54 Å². The van der Waals surface area contributed by atoms with Gasteiger partial charge in [-0.05, 0) is 32.3 Å². The summed E-state index contributed by atoms with van der Waals surface area (Å²) in [6, 6.07) is 0.904. The van der Waals surface area contributed by atoms with Crippen molar-refractivity contribution in [1.82, 2.24) is 25.4 Å². The zero-order chi connectivity index (χ0) is 24.0. The molecule has 12 heteroatoms. The number of rotatable bonds is 8. The molecule has 3 N–H and O–H groups in total. The zero-order valence-electron chi connectivity index (χ0n) is 18.2. The highest BCUT2D eigenvalue weighted by Gasteiger charge is 2.39. The maximum absolute atomic E-state index is 12.5. The predicted molar refractivity (Wildman–Crippen MR) is 113 cm³/mol. The van der Waals surface area contributed by atoms with Crippen molar-refractivity contribution in [1.29, 1.82) is 0 Å². The van der Waals surface area contributed by atoms with Gasteiger partial charge in [0, 0.05) is 31.0 Å². The molecule has 3 rings (SSSR count). The summed E-state index contributed by atoms with van der Waals surface area (Å²) in [5.74, 6) is -2.66. The number of nitrogens with zero attached hydrogens (tertiary/aromatic N) is 3. The highest BCUT2D eigenvalue weighted by Crippen LogP contribution is 2.20. The average Bonchev–Trinajstić information content (AvgIpc) is 3.26. The molecule has 0 saturated carbocycles. The van der Waals surface area contributed by atoms with Gasteiger partial charge < -0.3 is 25.4 Å². The van der Waals surface area contributed by atoms with Crippen LogP contribution < -0.4 is 10.6 Å². The Morgan fingerprint density at radius 2 is 1.97 bits per heavy atom. The molecule has 0 aromatic carbocycles. The number of carbonyl (C=O) groups is 5. The van der Waals surface area contributed by atoms with E-state index in [2.05, 4.69) is 15.6 Å². The van der Waals surface area contributed by atoms with Crippen LogP contribution in [-0.4, -0.2) is 87.4 Å². The number of nitrogens with one attached hydrogen (secondary N) is 2. The van der Waals surface area contributed by atoms with Gasteiger partial charge in [-0.25, -0.2) is 9.59 Å². The molecule has 178 valence electrons. The first-order valence-corrected chi connectivity index (χ1v) is 10.7. The van der Waals surface area contributed by atoms with Crippen molar-refractivity contribution in [3.63, 3.8) is 0 Å². The first-order chi connectivity index (χ1) is 15.8. The van der Waals surface area contributed by atoms with Crippen LogP contribution in [0.15, 0.2) is 24.5 Å². The van der Waals surface area contributed by atoms with E-state index in [1.54, 1.807) is 24.5 Å². The SMILES string of the molecule is C[C@H](NC(=O)[C@@H]1CCN1C(=O)OCc1cccnc1)C(=O)NCC(=O)N1CCC[C@H]1C(=O)O. The molecular weight excluding hydrogens is 434 g/mol. The quantitative estimate of drug-likeness (QED) is 0.467. The Morgan fingerprint density at radius 1 is 1.18 bits per heavy atom. The standard InChI is InChI=1S/C21H27N5O7/c1-13(18(28)23-11-17(27)25-8-3-5-16(25)20(30)31)24-19(29)15-6-9-26(15)21(32)33-12-14-4-2-7-22-10-14/h2,4,7,10,13,15-16H,3,5-6,8-9,11-12H2,1H3,(H,23,28)(H,24,29)(H,30,31)/t13-,15-,16-/m0/s1. The molecule has 0 aliphatic carbocycles. The third-order valence-corrected chi connectivity index (χ3v) is 5.67. The van der Waals surface area contributed by atoms with Gasteiger partial charge in [-0.3, -0.25) is 24.3 Å². The van der Waals surface area contributed by atoms with E-state index < -0.39 is 47.9 Å². The molecule has 1 aromatic heterocycles. The second-order valence-corrected chi connectivity index (χ2v) is 7.95. The summed E-state index contributed by atoms with van der Waals surface area (Å²) < 4.78 is 5.21. The molecule has 3 atom stereocenters. The number of amides is 4. The van der Waals surface area contributed by atoms with Crippen molar-refractivity contribution >= 4 is 29.8 Å². The first-order valence-electron chi connectivity index (χ1n) is 10.7. The van der Waals surface area contributed by atoms with Crippen LogP contribution in [0.1, 0.15) is 31.7 Å². The van der Waals surface area contributed by atoms with Crippen LogP contribution in [0.3, 0.4) is 0 Å².